The van der Waals surface area contributed by atoms with Crippen LogP contribution in [0.3, 0.4) is 0 Å². The number of rotatable bonds is 16. The van der Waals surface area contributed by atoms with Crippen molar-refractivity contribution < 1.29 is 5.48 Å². The van der Waals surface area contributed by atoms with Crippen LogP contribution in [0.1, 0.15) is 110 Å². The van der Waals surface area contributed by atoms with E-state index in [0.29, 0.717) is 0 Å². The van der Waals surface area contributed by atoms with Gasteiger partial charge in [0.25, 0.3) is 0 Å². The molecule has 0 spiro atoms. The molecular weight excluding hydrogens is 268 g/mol. The highest BCUT2D eigenvalue weighted by molar-refractivity contribution is 6.17. The predicted molar refractivity (Wildman–Crippen MR) is 93.9 cm³/mol. The van der Waals surface area contributed by atoms with E-state index in [4.69, 9.17) is 11.6 Å². The van der Waals surface area contributed by atoms with Gasteiger partial charge in [0.1, 0.15) is 0 Å². The number of alkyl halides is 1. The van der Waals surface area contributed by atoms with Gasteiger partial charge in [0.2, 0.25) is 0 Å². The standard InChI is InChI=1S/C18H37Cl.H2O/c1-2-3-4-5-6-7-8-9-10-11-12-13-14-15-16-17-18-19;/h2-18H2,1H3;1H2. The van der Waals surface area contributed by atoms with Crippen LogP contribution in [-0.2, 0) is 0 Å². The SMILES string of the molecule is CCCCCCCCCCCCCCCCCCCl.O. The molecule has 0 aromatic rings. The van der Waals surface area contributed by atoms with E-state index in [-0.39, 0.29) is 5.48 Å². The van der Waals surface area contributed by atoms with Gasteiger partial charge in [-0.25, -0.2) is 0 Å². The molecule has 0 heterocycles. The molecule has 1 nitrogen and oxygen atoms in total. The van der Waals surface area contributed by atoms with Crippen molar-refractivity contribution in [2.75, 3.05) is 5.88 Å². The first kappa shape index (κ1) is 22.5. The second kappa shape index (κ2) is 21.5. The first-order valence-corrected chi connectivity index (χ1v) is 9.51. The van der Waals surface area contributed by atoms with Gasteiger partial charge in [0, 0.05) is 5.88 Å². The van der Waals surface area contributed by atoms with Crippen molar-refractivity contribution in [2.45, 2.75) is 110 Å². The predicted octanol–water partition coefficient (Wildman–Crippen LogP) is 6.66. The van der Waals surface area contributed by atoms with E-state index >= 15 is 0 Å². The number of hydrogen-bond donors (Lipinski definition) is 0. The lowest BCUT2D eigenvalue weighted by Crippen LogP contribution is -1.83. The smallest absolute Gasteiger partial charge is 0.0223 e. The largest absolute Gasteiger partial charge is 0.412 e. The Morgan fingerprint density at radius 3 is 0.950 bits per heavy atom. The summed E-state index contributed by atoms with van der Waals surface area (Å²) >= 11 is 5.66. The summed E-state index contributed by atoms with van der Waals surface area (Å²) in [6, 6.07) is 0. The molecule has 0 fully saturated rings. The maximum atomic E-state index is 5.66. The Morgan fingerprint density at radius 1 is 0.450 bits per heavy atom. The molecule has 0 aliphatic heterocycles. The molecule has 0 bridgehead atoms. The second-order valence-electron chi connectivity index (χ2n) is 5.99. The average Bonchev–Trinajstić information content (AvgIpc) is 2.43. The number of unbranched alkanes of at least 4 members (excludes halogenated alkanes) is 15. The summed E-state index contributed by atoms with van der Waals surface area (Å²) in [6.45, 7) is 2.29. The Balaban J connectivity index is 0. The van der Waals surface area contributed by atoms with Gasteiger partial charge in [0.05, 0.1) is 0 Å². The van der Waals surface area contributed by atoms with E-state index in [2.05, 4.69) is 6.92 Å². The van der Waals surface area contributed by atoms with Crippen LogP contribution in [0, 0.1) is 0 Å². The zero-order valence-corrected chi connectivity index (χ0v) is 14.7. The first-order chi connectivity index (χ1) is 9.41. The molecule has 0 aromatic carbocycles. The van der Waals surface area contributed by atoms with Gasteiger partial charge >= 0.3 is 0 Å². The second-order valence-corrected chi connectivity index (χ2v) is 6.37. The highest BCUT2D eigenvalue weighted by Crippen LogP contribution is 2.13. The molecule has 0 unspecified atom stereocenters. The summed E-state index contributed by atoms with van der Waals surface area (Å²) in [5.41, 5.74) is 0. The highest BCUT2D eigenvalue weighted by atomic mass is 35.5. The molecule has 0 saturated carbocycles. The molecule has 0 amide bonds. The highest BCUT2D eigenvalue weighted by Gasteiger charge is 1.94. The minimum Gasteiger partial charge on any atom is -0.412 e. The molecule has 0 atom stereocenters. The maximum absolute atomic E-state index is 5.66. The van der Waals surface area contributed by atoms with Gasteiger partial charge in [-0.3, -0.25) is 0 Å². The molecule has 2 heteroatoms. The summed E-state index contributed by atoms with van der Waals surface area (Å²) in [5, 5.41) is 0. The van der Waals surface area contributed by atoms with Crippen LogP contribution in [0.15, 0.2) is 0 Å². The van der Waals surface area contributed by atoms with Crippen LogP contribution in [-0.4, -0.2) is 11.4 Å². The van der Waals surface area contributed by atoms with E-state index in [1.54, 1.807) is 0 Å². The summed E-state index contributed by atoms with van der Waals surface area (Å²) < 4.78 is 0. The Kier molecular flexibility index (Phi) is 24.3. The summed E-state index contributed by atoms with van der Waals surface area (Å²) in [7, 11) is 0. The Labute approximate surface area is 133 Å². The van der Waals surface area contributed by atoms with Crippen LogP contribution < -0.4 is 0 Å². The number of halogens is 1. The zero-order chi connectivity index (χ0) is 14.0. The summed E-state index contributed by atoms with van der Waals surface area (Å²) in [5.74, 6) is 0.846. The van der Waals surface area contributed by atoms with E-state index in [1.807, 2.05) is 0 Å². The molecule has 0 aliphatic carbocycles. The maximum Gasteiger partial charge on any atom is 0.0223 e. The van der Waals surface area contributed by atoms with Gasteiger partial charge < -0.3 is 5.48 Å². The third-order valence-corrected chi connectivity index (χ3v) is 4.25. The van der Waals surface area contributed by atoms with Gasteiger partial charge in [-0.05, 0) is 6.42 Å². The molecule has 0 aromatic heterocycles. The average molecular weight is 307 g/mol. The van der Waals surface area contributed by atoms with E-state index in [9.17, 15) is 0 Å². The van der Waals surface area contributed by atoms with E-state index < -0.39 is 0 Å². The molecule has 0 radical (unpaired) electrons. The van der Waals surface area contributed by atoms with Crippen molar-refractivity contribution in [1.82, 2.24) is 0 Å². The van der Waals surface area contributed by atoms with Crippen LogP contribution in [0.25, 0.3) is 0 Å². The third-order valence-electron chi connectivity index (χ3n) is 3.99. The molecule has 124 valence electrons. The van der Waals surface area contributed by atoms with Crippen molar-refractivity contribution in [2.24, 2.45) is 0 Å². The molecule has 0 saturated heterocycles. The van der Waals surface area contributed by atoms with Crippen LogP contribution >= 0.6 is 11.6 Å². The van der Waals surface area contributed by atoms with E-state index in [1.165, 1.54) is 103 Å². The fraction of sp³-hybridized carbons (Fsp3) is 1.00. The van der Waals surface area contributed by atoms with Gasteiger partial charge in [-0.1, -0.05) is 103 Å². The normalized spacial score (nSPS) is 10.5. The summed E-state index contributed by atoms with van der Waals surface area (Å²) in [4.78, 5) is 0. The monoisotopic (exact) mass is 306 g/mol. The van der Waals surface area contributed by atoms with Crippen molar-refractivity contribution in [3.05, 3.63) is 0 Å². The minimum atomic E-state index is 0. The van der Waals surface area contributed by atoms with E-state index in [0.717, 1.165) is 5.88 Å². The van der Waals surface area contributed by atoms with Crippen LogP contribution in [0.5, 0.6) is 0 Å². The topological polar surface area (TPSA) is 31.5 Å². The minimum absolute atomic E-state index is 0. The third kappa shape index (κ3) is 20.6. The quantitative estimate of drug-likeness (QED) is 0.225. The first-order valence-electron chi connectivity index (χ1n) is 8.97. The van der Waals surface area contributed by atoms with Crippen molar-refractivity contribution in [1.29, 1.82) is 0 Å². The lowest BCUT2D eigenvalue weighted by molar-refractivity contribution is 0.531. The molecule has 2 N–H and O–H groups in total. The fourth-order valence-electron chi connectivity index (χ4n) is 2.64. The van der Waals surface area contributed by atoms with Crippen LogP contribution in [0.2, 0.25) is 0 Å². The Morgan fingerprint density at radius 2 is 0.700 bits per heavy atom. The fourth-order valence-corrected chi connectivity index (χ4v) is 2.83. The van der Waals surface area contributed by atoms with Gasteiger partial charge in [-0.15, -0.1) is 11.6 Å². The molecule has 0 rings (SSSR count). The van der Waals surface area contributed by atoms with Gasteiger partial charge in [0.15, 0.2) is 0 Å². The summed E-state index contributed by atoms with van der Waals surface area (Å²) in [6.07, 6.45) is 22.8. The molecule has 0 aliphatic rings. The van der Waals surface area contributed by atoms with Crippen molar-refractivity contribution in [3.8, 4) is 0 Å². The lowest BCUT2D eigenvalue weighted by Gasteiger charge is -2.03. The Hall–Kier alpha value is 0.250. The van der Waals surface area contributed by atoms with Crippen molar-refractivity contribution >= 4 is 11.6 Å². The van der Waals surface area contributed by atoms with Gasteiger partial charge in [-0.2, -0.15) is 0 Å². The number of hydrogen-bond acceptors (Lipinski definition) is 0. The lowest BCUT2D eigenvalue weighted by atomic mass is 10.0. The Bertz CT molecular complexity index is 134. The molecular formula is C18H39ClO. The zero-order valence-electron chi connectivity index (χ0n) is 13.9. The van der Waals surface area contributed by atoms with Crippen LogP contribution in [0.4, 0.5) is 0 Å². The van der Waals surface area contributed by atoms with Crippen molar-refractivity contribution in [3.63, 3.8) is 0 Å². The molecule has 20 heavy (non-hydrogen) atoms.